The Hall–Kier alpha value is -2.65. The van der Waals surface area contributed by atoms with Crippen LogP contribution in [0, 0.1) is 18.3 Å². The molecule has 0 radical (unpaired) electrons. The molecule has 0 atom stereocenters. The largest absolute Gasteiger partial charge is 0.543 e. The van der Waals surface area contributed by atoms with Crippen molar-refractivity contribution in [2.45, 2.75) is 6.92 Å². The fourth-order valence-corrected chi connectivity index (χ4v) is 1.81. The Kier molecular flexibility index (Phi) is 3.55. The van der Waals surface area contributed by atoms with E-state index in [-0.39, 0.29) is 11.1 Å². The summed E-state index contributed by atoms with van der Waals surface area (Å²) in [6.07, 6.45) is 0. The van der Waals surface area contributed by atoms with Crippen LogP contribution < -0.4 is 10.7 Å². The number of halogens is 1. The average Bonchev–Trinajstić information content (AvgIpc) is 2.40. The third-order valence-corrected chi connectivity index (χ3v) is 2.96. The van der Waals surface area contributed by atoms with Crippen LogP contribution in [0.2, 0.25) is 5.02 Å². The minimum atomic E-state index is -1.55. The van der Waals surface area contributed by atoms with Gasteiger partial charge in [0.15, 0.2) is 0 Å². The molecule has 7 heteroatoms. The van der Waals surface area contributed by atoms with Crippen molar-refractivity contribution in [1.29, 1.82) is 5.26 Å². The fraction of sp³-hybridized carbons (Fsp3) is 0.0769. The summed E-state index contributed by atoms with van der Waals surface area (Å²) in [5.74, 6) is -1.55. The molecule has 0 unspecified atom stereocenters. The van der Waals surface area contributed by atoms with Crippen LogP contribution in [0.3, 0.4) is 0 Å². The number of carboxylic acid groups (broad SMARTS) is 1. The van der Waals surface area contributed by atoms with Crippen LogP contribution in [0.1, 0.15) is 21.6 Å². The quantitative estimate of drug-likeness (QED) is 0.798. The van der Waals surface area contributed by atoms with Gasteiger partial charge in [-0.1, -0.05) is 11.6 Å². The van der Waals surface area contributed by atoms with E-state index >= 15 is 0 Å². The Morgan fingerprint density at radius 1 is 1.40 bits per heavy atom. The number of carbonyl (C=O) groups excluding carboxylic acids is 1. The Bertz CT molecular complexity index is 788. The van der Waals surface area contributed by atoms with Crippen molar-refractivity contribution in [2.75, 3.05) is 0 Å². The molecule has 0 saturated heterocycles. The van der Waals surface area contributed by atoms with Gasteiger partial charge in [0.2, 0.25) is 0 Å². The van der Waals surface area contributed by atoms with E-state index in [4.69, 9.17) is 16.9 Å². The van der Waals surface area contributed by atoms with E-state index in [1.165, 1.54) is 31.2 Å². The first kappa shape index (κ1) is 13.8. The molecule has 2 aromatic rings. The second-order valence-electron chi connectivity index (χ2n) is 3.94. The Morgan fingerprint density at radius 3 is 2.50 bits per heavy atom. The third kappa shape index (κ3) is 2.27. The van der Waals surface area contributed by atoms with Crippen molar-refractivity contribution in [3.05, 3.63) is 56.5 Å². The van der Waals surface area contributed by atoms with Crippen molar-refractivity contribution in [3.8, 4) is 11.8 Å². The normalized spacial score (nSPS) is 10.1. The number of hydrogen-bond donors (Lipinski definition) is 0. The molecule has 6 nitrogen and oxygen atoms in total. The second-order valence-corrected chi connectivity index (χ2v) is 4.38. The predicted molar refractivity (Wildman–Crippen MR) is 68.6 cm³/mol. The molecular weight excluding hydrogens is 282 g/mol. The number of nitrogens with zero attached hydrogens (tertiary/aromatic N) is 3. The minimum Gasteiger partial charge on any atom is -0.543 e. The molecule has 0 fully saturated rings. The van der Waals surface area contributed by atoms with Crippen LogP contribution in [0.5, 0.6) is 0 Å². The predicted octanol–water partition coefficient (Wildman–Crippen LogP) is 0.429. The lowest BCUT2D eigenvalue weighted by Gasteiger charge is -2.11. The SMILES string of the molecule is Cc1c(C(=O)[O-])nn(-c2ccc(Cl)cc2)c(=O)c1C#N. The van der Waals surface area contributed by atoms with Crippen molar-refractivity contribution in [2.24, 2.45) is 0 Å². The van der Waals surface area contributed by atoms with Gasteiger partial charge in [-0.15, -0.1) is 0 Å². The van der Waals surface area contributed by atoms with Crippen LogP contribution in [0.4, 0.5) is 0 Å². The highest BCUT2D eigenvalue weighted by molar-refractivity contribution is 6.30. The first-order valence-corrected chi connectivity index (χ1v) is 5.85. The standard InChI is InChI=1S/C13H8ClN3O3/c1-7-10(6-15)12(18)17(16-11(7)13(19)20)9-4-2-8(14)3-5-9/h2-5H,1H3,(H,19,20)/p-1. The van der Waals surface area contributed by atoms with Gasteiger partial charge < -0.3 is 9.90 Å². The molecule has 0 aliphatic carbocycles. The van der Waals surface area contributed by atoms with Crippen LogP contribution >= 0.6 is 11.6 Å². The first-order chi connectivity index (χ1) is 9.45. The molecule has 0 bridgehead atoms. The summed E-state index contributed by atoms with van der Waals surface area (Å²) in [4.78, 5) is 23.1. The zero-order valence-corrected chi connectivity index (χ0v) is 11.0. The molecular formula is C13H7ClN3O3-. The van der Waals surface area contributed by atoms with E-state index in [0.717, 1.165) is 4.68 Å². The lowest BCUT2D eigenvalue weighted by molar-refractivity contribution is -0.255. The minimum absolute atomic E-state index is 0.0114. The summed E-state index contributed by atoms with van der Waals surface area (Å²) in [7, 11) is 0. The summed E-state index contributed by atoms with van der Waals surface area (Å²) in [6, 6.07) is 7.72. The number of aromatic nitrogens is 2. The van der Waals surface area contributed by atoms with Gasteiger partial charge in [-0.05, 0) is 31.2 Å². The summed E-state index contributed by atoms with van der Waals surface area (Å²) in [5.41, 5.74) is -1.14. The number of carboxylic acids is 1. The lowest BCUT2D eigenvalue weighted by Crippen LogP contribution is -2.32. The molecule has 1 aromatic carbocycles. The van der Waals surface area contributed by atoms with Crippen LogP contribution in [0.15, 0.2) is 29.1 Å². The Morgan fingerprint density at radius 2 is 2.00 bits per heavy atom. The fourth-order valence-electron chi connectivity index (χ4n) is 1.69. The molecule has 1 aromatic heterocycles. The highest BCUT2D eigenvalue weighted by Gasteiger charge is 2.15. The summed E-state index contributed by atoms with van der Waals surface area (Å²) >= 11 is 5.74. The smallest absolute Gasteiger partial charge is 0.289 e. The summed E-state index contributed by atoms with van der Waals surface area (Å²) in [6.45, 7) is 1.34. The average molecular weight is 289 g/mol. The summed E-state index contributed by atoms with van der Waals surface area (Å²) < 4.78 is 0.840. The van der Waals surface area contributed by atoms with Crippen LogP contribution in [-0.2, 0) is 0 Å². The van der Waals surface area contributed by atoms with Crippen molar-refractivity contribution in [3.63, 3.8) is 0 Å². The van der Waals surface area contributed by atoms with Crippen molar-refractivity contribution in [1.82, 2.24) is 9.78 Å². The van der Waals surface area contributed by atoms with E-state index < -0.39 is 17.2 Å². The molecule has 0 spiro atoms. The maximum atomic E-state index is 12.1. The zero-order valence-electron chi connectivity index (χ0n) is 10.3. The lowest BCUT2D eigenvalue weighted by atomic mass is 10.1. The maximum absolute atomic E-state index is 12.1. The maximum Gasteiger partial charge on any atom is 0.289 e. The molecule has 20 heavy (non-hydrogen) atoms. The van der Waals surface area contributed by atoms with E-state index in [1.54, 1.807) is 6.07 Å². The number of aromatic carboxylic acids is 1. The molecule has 2 rings (SSSR count). The molecule has 0 amide bonds. The van der Waals surface area contributed by atoms with E-state index in [2.05, 4.69) is 5.10 Å². The number of nitriles is 1. The molecule has 1 heterocycles. The monoisotopic (exact) mass is 288 g/mol. The van der Waals surface area contributed by atoms with Crippen LogP contribution in [-0.4, -0.2) is 15.7 Å². The number of rotatable bonds is 2. The van der Waals surface area contributed by atoms with Gasteiger partial charge in [0, 0.05) is 10.6 Å². The Balaban J connectivity index is 2.81. The van der Waals surface area contributed by atoms with Crippen LogP contribution in [0.25, 0.3) is 5.69 Å². The number of carbonyl (C=O) groups is 1. The first-order valence-electron chi connectivity index (χ1n) is 5.47. The molecule has 100 valence electrons. The van der Waals surface area contributed by atoms with E-state index in [0.29, 0.717) is 10.7 Å². The molecule has 0 N–H and O–H groups in total. The second kappa shape index (κ2) is 5.15. The zero-order chi connectivity index (χ0) is 14.9. The molecule has 0 aliphatic heterocycles. The molecule has 0 saturated carbocycles. The highest BCUT2D eigenvalue weighted by atomic mass is 35.5. The van der Waals surface area contributed by atoms with Gasteiger partial charge in [-0.3, -0.25) is 4.79 Å². The van der Waals surface area contributed by atoms with Gasteiger partial charge >= 0.3 is 0 Å². The van der Waals surface area contributed by atoms with Crippen molar-refractivity contribution >= 4 is 17.6 Å². The summed E-state index contributed by atoms with van der Waals surface area (Å²) in [5, 5.41) is 24.2. The van der Waals surface area contributed by atoms with Gasteiger partial charge in [-0.2, -0.15) is 15.0 Å². The molecule has 0 aliphatic rings. The third-order valence-electron chi connectivity index (χ3n) is 2.71. The van der Waals surface area contributed by atoms with Gasteiger partial charge in [0.1, 0.15) is 17.3 Å². The number of benzene rings is 1. The highest BCUT2D eigenvalue weighted by Crippen LogP contribution is 2.13. The Labute approximate surface area is 118 Å². The topological polar surface area (TPSA) is 98.8 Å². The van der Waals surface area contributed by atoms with E-state index in [1.807, 2.05) is 0 Å². The van der Waals surface area contributed by atoms with Gasteiger partial charge in [-0.25, -0.2) is 0 Å². The van der Waals surface area contributed by atoms with E-state index in [9.17, 15) is 14.7 Å². The van der Waals surface area contributed by atoms with Gasteiger partial charge in [0.25, 0.3) is 5.56 Å². The number of hydrogen-bond acceptors (Lipinski definition) is 5. The van der Waals surface area contributed by atoms with Gasteiger partial charge in [0.05, 0.1) is 11.7 Å². The van der Waals surface area contributed by atoms with Crippen molar-refractivity contribution < 1.29 is 9.90 Å².